The van der Waals surface area contributed by atoms with Crippen LogP contribution in [0.2, 0.25) is 0 Å². The van der Waals surface area contributed by atoms with Gasteiger partial charge in [0.05, 0.1) is 14.2 Å². The number of hydrogen-bond donors (Lipinski definition) is 1. The largest absolute Gasteiger partial charge is 0.497 e. The molecular formula is C23H36N2O4. The fourth-order valence-corrected chi connectivity index (χ4v) is 3.96. The Bertz CT molecular complexity index is 667. The highest BCUT2D eigenvalue weighted by Gasteiger charge is 2.30. The zero-order valence-electron chi connectivity index (χ0n) is 18.5. The van der Waals surface area contributed by atoms with Gasteiger partial charge in [0.25, 0.3) is 5.91 Å². The number of hydrogen-bond acceptors (Lipinski definition) is 4. The fraction of sp³-hybridized carbons (Fsp3) is 0.652. The Morgan fingerprint density at radius 1 is 1.10 bits per heavy atom. The molecule has 6 nitrogen and oxygen atoms in total. The van der Waals surface area contributed by atoms with Gasteiger partial charge in [0, 0.05) is 24.7 Å². The van der Waals surface area contributed by atoms with Gasteiger partial charge in [0.1, 0.15) is 17.5 Å². The molecule has 1 N–H and O–H groups in total. The summed E-state index contributed by atoms with van der Waals surface area (Å²) < 4.78 is 10.5. The molecule has 2 unspecified atom stereocenters. The molecule has 0 aliphatic carbocycles. The van der Waals surface area contributed by atoms with Crippen molar-refractivity contribution in [3.05, 3.63) is 23.8 Å². The third-order valence-corrected chi connectivity index (χ3v) is 5.69. The monoisotopic (exact) mass is 404 g/mol. The number of likely N-dealkylation sites (tertiary alicyclic amines) is 1. The van der Waals surface area contributed by atoms with E-state index >= 15 is 0 Å². The first-order valence-electron chi connectivity index (χ1n) is 10.7. The molecule has 2 amide bonds. The SMILES string of the molecule is CCCC1CCCN(C(=O)C(NC(=O)c2cc(OC)cc(OC)c2)C(C)C)CC1. The smallest absolute Gasteiger partial charge is 0.252 e. The van der Waals surface area contributed by atoms with Gasteiger partial charge in [-0.1, -0.05) is 33.6 Å². The van der Waals surface area contributed by atoms with Crippen molar-refractivity contribution in [2.75, 3.05) is 27.3 Å². The molecule has 0 spiro atoms. The van der Waals surface area contributed by atoms with Crippen LogP contribution in [0.3, 0.4) is 0 Å². The molecule has 2 rings (SSSR count). The molecule has 1 aromatic rings. The highest BCUT2D eigenvalue weighted by Crippen LogP contribution is 2.24. The molecular weight excluding hydrogens is 368 g/mol. The number of amides is 2. The molecule has 1 aliphatic rings. The molecule has 1 heterocycles. The van der Waals surface area contributed by atoms with Crippen LogP contribution in [0.15, 0.2) is 18.2 Å². The van der Waals surface area contributed by atoms with Crippen LogP contribution in [-0.2, 0) is 4.79 Å². The maximum atomic E-state index is 13.2. The van der Waals surface area contributed by atoms with E-state index < -0.39 is 6.04 Å². The summed E-state index contributed by atoms with van der Waals surface area (Å²) in [7, 11) is 3.09. The second kappa shape index (κ2) is 11.1. The van der Waals surface area contributed by atoms with E-state index in [0.717, 1.165) is 25.9 Å². The lowest BCUT2D eigenvalue weighted by Crippen LogP contribution is -2.51. The number of nitrogens with zero attached hydrogens (tertiary/aromatic N) is 1. The maximum Gasteiger partial charge on any atom is 0.252 e. The van der Waals surface area contributed by atoms with Crippen LogP contribution < -0.4 is 14.8 Å². The van der Waals surface area contributed by atoms with Crippen LogP contribution in [-0.4, -0.2) is 50.1 Å². The summed E-state index contributed by atoms with van der Waals surface area (Å²) in [6.45, 7) is 7.69. The van der Waals surface area contributed by atoms with Crippen LogP contribution >= 0.6 is 0 Å². The Kier molecular flexibility index (Phi) is 8.80. The minimum atomic E-state index is -0.553. The Morgan fingerprint density at radius 3 is 2.31 bits per heavy atom. The van der Waals surface area contributed by atoms with Gasteiger partial charge in [-0.05, 0) is 43.2 Å². The molecule has 0 aromatic heterocycles. The van der Waals surface area contributed by atoms with Crippen LogP contribution in [0.1, 0.15) is 63.2 Å². The predicted molar refractivity (Wildman–Crippen MR) is 114 cm³/mol. The number of benzene rings is 1. The van der Waals surface area contributed by atoms with Gasteiger partial charge in [-0.3, -0.25) is 9.59 Å². The van der Waals surface area contributed by atoms with Gasteiger partial charge >= 0.3 is 0 Å². The van der Waals surface area contributed by atoms with Crippen molar-refractivity contribution in [1.82, 2.24) is 10.2 Å². The molecule has 162 valence electrons. The second-order valence-corrected chi connectivity index (χ2v) is 8.21. The number of carbonyl (C=O) groups is 2. The molecule has 6 heteroatoms. The summed E-state index contributed by atoms with van der Waals surface area (Å²) >= 11 is 0. The van der Waals surface area contributed by atoms with Crippen molar-refractivity contribution in [3.8, 4) is 11.5 Å². The van der Waals surface area contributed by atoms with E-state index in [2.05, 4.69) is 12.2 Å². The van der Waals surface area contributed by atoms with Crippen molar-refractivity contribution in [3.63, 3.8) is 0 Å². The highest BCUT2D eigenvalue weighted by molar-refractivity contribution is 5.98. The van der Waals surface area contributed by atoms with E-state index in [-0.39, 0.29) is 17.7 Å². The number of rotatable bonds is 8. The van der Waals surface area contributed by atoms with E-state index in [1.54, 1.807) is 32.4 Å². The number of nitrogens with one attached hydrogen (secondary N) is 1. The number of carbonyl (C=O) groups excluding carboxylic acids is 2. The first kappa shape index (κ1) is 23.0. The van der Waals surface area contributed by atoms with Crippen LogP contribution in [0.5, 0.6) is 11.5 Å². The number of methoxy groups -OCH3 is 2. The Hall–Kier alpha value is -2.24. The molecule has 29 heavy (non-hydrogen) atoms. The zero-order valence-corrected chi connectivity index (χ0v) is 18.5. The van der Waals surface area contributed by atoms with E-state index in [1.165, 1.54) is 19.3 Å². The van der Waals surface area contributed by atoms with Crippen LogP contribution in [0.4, 0.5) is 0 Å². The van der Waals surface area contributed by atoms with Gasteiger partial charge in [-0.25, -0.2) is 0 Å². The van der Waals surface area contributed by atoms with Crippen molar-refractivity contribution in [2.45, 2.75) is 58.9 Å². The van der Waals surface area contributed by atoms with Gasteiger partial charge in [-0.15, -0.1) is 0 Å². The van der Waals surface area contributed by atoms with E-state index in [1.807, 2.05) is 18.7 Å². The molecule has 0 saturated carbocycles. The quantitative estimate of drug-likeness (QED) is 0.714. The standard InChI is InChI=1S/C23H36N2O4/c1-6-8-17-9-7-11-25(12-10-17)23(27)21(16(2)3)24-22(26)18-13-19(28-4)15-20(14-18)29-5/h13-17,21H,6-12H2,1-5H3,(H,24,26). The second-order valence-electron chi connectivity index (χ2n) is 8.21. The molecule has 0 radical (unpaired) electrons. The third-order valence-electron chi connectivity index (χ3n) is 5.69. The molecule has 0 bridgehead atoms. The summed E-state index contributed by atoms with van der Waals surface area (Å²) in [6, 6.07) is 4.47. The van der Waals surface area contributed by atoms with Gasteiger partial charge < -0.3 is 19.7 Å². The normalized spacial score (nSPS) is 18.1. The third kappa shape index (κ3) is 6.38. The van der Waals surface area contributed by atoms with Gasteiger partial charge in [-0.2, -0.15) is 0 Å². The Labute approximate surface area is 174 Å². The highest BCUT2D eigenvalue weighted by atomic mass is 16.5. The van der Waals surface area contributed by atoms with Crippen LogP contribution in [0.25, 0.3) is 0 Å². The minimum Gasteiger partial charge on any atom is -0.497 e. The summed E-state index contributed by atoms with van der Waals surface area (Å²) in [5.74, 6) is 1.49. The lowest BCUT2D eigenvalue weighted by atomic mass is 9.96. The molecule has 1 aliphatic heterocycles. The summed E-state index contributed by atoms with van der Waals surface area (Å²) in [5, 5.41) is 2.95. The summed E-state index contributed by atoms with van der Waals surface area (Å²) in [6.07, 6.45) is 5.67. The maximum absolute atomic E-state index is 13.2. The first-order chi connectivity index (χ1) is 13.9. The molecule has 1 saturated heterocycles. The summed E-state index contributed by atoms with van der Waals surface area (Å²) in [5.41, 5.74) is 0.415. The molecule has 1 aromatic carbocycles. The lowest BCUT2D eigenvalue weighted by molar-refractivity contribution is -0.134. The predicted octanol–water partition coefficient (Wildman–Crippen LogP) is 3.89. The van der Waals surface area contributed by atoms with E-state index in [4.69, 9.17) is 9.47 Å². The van der Waals surface area contributed by atoms with Crippen molar-refractivity contribution >= 4 is 11.8 Å². The Morgan fingerprint density at radius 2 is 1.76 bits per heavy atom. The Balaban J connectivity index is 2.11. The van der Waals surface area contributed by atoms with Crippen molar-refractivity contribution in [2.24, 2.45) is 11.8 Å². The molecule has 2 atom stereocenters. The molecule has 1 fully saturated rings. The van der Waals surface area contributed by atoms with E-state index in [9.17, 15) is 9.59 Å². The minimum absolute atomic E-state index is 0.00588. The topological polar surface area (TPSA) is 67.9 Å². The van der Waals surface area contributed by atoms with Crippen molar-refractivity contribution < 1.29 is 19.1 Å². The fourth-order valence-electron chi connectivity index (χ4n) is 3.96. The first-order valence-corrected chi connectivity index (χ1v) is 10.7. The zero-order chi connectivity index (χ0) is 21.4. The van der Waals surface area contributed by atoms with E-state index in [0.29, 0.717) is 23.0 Å². The van der Waals surface area contributed by atoms with Gasteiger partial charge in [0.2, 0.25) is 5.91 Å². The average Bonchev–Trinajstić information content (AvgIpc) is 2.96. The summed E-state index contributed by atoms with van der Waals surface area (Å²) in [4.78, 5) is 28.1. The van der Waals surface area contributed by atoms with Crippen molar-refractivity contribution in [1.29, 1.82) is 0 Å². The van der Waals surface area contributed by atoms with Crippen LogP contribution in [0, 0.1) is 11.8 Å². The number of ether oxygens (including phenoxy) is 2. The lowest BCUT2D eigenvalue weighted by Gasteiger charge is -2.29. The average molecular weight is 405 g/mol. The van der Waals surface area contributed by atoms with Gasteiger partial charge in [0.15, 0.2) is 0 Å².